The zero-order chi connectivity index (χ0) is 12.3. The third-order valence-electron chi connectivity index (χ3n) is 3.14. The van der Waals surface area contributed by atoms with E-state index in [1.54, 1.807) is 6.92 Å². The minimum Gasteiger partial charge on any atom is -0.462 e. The van der Waals surface area contributed by atoms with Gasteiger partial charge < -0.3 is 4.74 Å². The minimum atomic E-state index is -0.292. The molecule has 0 N–H and O–H groups in total. The molecular weight excluding hydrogens is 236 g/mol. The zero-order valence-corrected chi connectivity index (χ0v) is 10.7. The molecule has 1 fully saturated rings. The molecule has 0 unspecified atom stereocenters. The molecule has 1 aromatic heterocycles. The van der Waals surface area contributed by atoms with Gasteiger partial charge in [-0.3, -0.25) is 4.79 Å². The van der Waals surface area contributed by atoms with Crippen molar-refractivity contribution < 1.29 is 14.3 Å². The Morgan fingerprint density at radius 3 is 2.88 bits per heavy atom. The lowest BCUT2D eigenvalue weighted by atomic mass is 9.81. The van der Waals surface area contributed by atoms with Crippen LogP contribution < -0.4 is 0 Å². The summed E-state index contributed by atoms with van der Waals surface area (Å²) in [7, 11) is 0. The SMILES string of the molecule is CCOC(=O)c1sc(C=O)cc1CC1CCC1. The van der Waals surface area contributed by atoms with Crippen molar-refractivity contribution in [3.63, 3.8) is 0 Å². The quantitative estimate of drug-likeness (QED) is 0.597. The zero-order valence-electron chi connectivity index (χ0n) is 9.90. The van der Waals surface area contributed by atoms with Gasteiger partial charge in [-0.1, -0.05) is 19.3 Å². The summed E-state index contributed by atoms with van der Waals surface area (Å²) in [6, 6.07) is 1.84. The predicted octanol–water partition coefficient (Wildman–Crippen LogP) is 3.08. The van der Waals surface area contributed by atoms with Crippen LogP contribution in [0, 0.1) is 5.92 Å². The number of hydrogen-bond acceptors (Lipinski definition) is 4. The van der Waals surface area contributed by atoms with E-state index in [0.717, 1.165) is 18.3 Å². The van der Waals surface area contributed by atoms with Crippen molar-refractivity contribution in [3.8, 4) is 0 Å². The van der Waals surface area contributed by atoms with E-state index in [1.165, 1.54) is 30.6 Å². The molecule has 92 valence electrons. The molecule has 1 heterocycles. The van der Waals surface area contributed by atoms with Gasteiger partial charge in [0.2, 0.25) is 0 Å². The van der Waals surface area contributed by atoms with Gasteiger partial charge >= 0.3 is 5.97 Å². The maximum Gasteiger partial charge on any atom is 0.348 e. The summed E-state index contributed by atoms with van der Waals surface area (Å²) in [5.74, 6) is 0.386. The summed E-state index contributed by atoms with van der Waals surface area (Å²) < 4.78 is 5.02. The summed E-state index contributed by atoms with van der Waals surface area (Å²) >= 11 is 1.24. The Morgan fingerprint density at radius 1 is 1.59 bits per heavy atom. The van der Waals surface area contributed by atoms with Gasteiger partial charge in [0, 0.05) is 0 Å². The molecule has 1 saturated carbocycles. The highest BCUT2D eigenvalue weighted by Gasteiger charge is 2.23. The lowest BCUT2D eigenvalue weighted by Gasteiger charge is -2.25. The second kappa shape index (κ2) is 5.45. The van der Waals surface area contributed by atoms with Crippen molar-refractivity contribution in [3.05, 3.63) is 21.4 Å². The Bertz CT molecular complexity index is 418. The van der Waals surface area contributed by atoms with Gasteiger partial charge in [-0.2, -0.15) is 0 Å². The first-order chi connectivity index (χ1) is 8.24. The average molecular weight is 252 g/mol. The molecule has 0 atom stereocenters. The van der Waals surface area contributed by atoms with E-state index in [4.69, 9.17) is 4.74 Å². The molecule has 1 aliphatic rings. The molecule has 0 radical (unpaired) electrons. The van der Waals surface area contributed by atoms with Crippen molar-refractivity contribution >= 4 is 23.6 Å². The second-order valence-corrected chi connectivity index (χ2v) is 5.43. The normalized spacial score (nSPS) is 15.4. The Balaban J connectivity index is 2.18. The fraction of sp³-hybridized carbons (Fsp3) is 0.538. The van der Waals surface area contributed by atoms with Crippen LogP contribution in [0.4, 0.5) is 0 Å². The third kappa shape index (κ3) is 2.75. The highest BCUT2D eigenvalue weighted by Crippen LogP contribution is 2.33. The van der Waals surface area contributed by atoms with Gasteiger partial charge in [0.05, 0.1) is 11.5 Å². The van der Waals surface area contributed by atoms with Crippen LogP contribution in [0.2, 0.25) is 0 Å². The van der Waals surface area contributed by atoms with Crippen molar-refractivity contribution in [2.45, 2.75) is 32.6 Å². The molecule has 0 saturated heterocycles. The van der Waals surface area contributed by atoms with Gasteiger partial charge in [-0.15, -0.1) is 11.3 Å². The number of carbonyl (C=O) groups excluding carboxylic acids is 2. The molecule has 0 bridgehead atoms. The standard InChI is InChI=1S/C13H16O3S/c1-2-16-13(15)12-10(6-9-4-3-5-9)7-11(8-14)17-12/h7-9H,2-6H2,1H3. The van der Waals surface area contributed by atoms with Crippen molar-refractivity contribution in [2.24, 2.45) is 5.92 Å². The van der Waals surface area contributed by atoms with Crippen LogP contribution in [0.3, 0.4) is 0 Å². The van der Waals surface area contributed by atoms with Crippen LogP contribution in [0.25, 0.3) is 0 Å². The molecule has 1 aliphatic carbocycles. The number of esters is 1. The highest BCUT2D eigenvalue weighted by molar-refractivity contribution is 7.15. The maximum atomic E-state index is 11.8. The summed E-state index contributed by atoms with van der Waals surface area (Å²) in [5, 5.41) is 0. The van der Waals surface area contributed by atoms with Gasteiger partial charge in [-0.25, -0.2) is 4.79 Å². The first-order valence-electron chi connectivity index (χ1n) is 5.99. The molecule has 0 spiro atoms. The van der Waals surface area contributed by atoms with E-state index in [-0.39, 0.29) is 5.97 Å². The molecule has 2 rings (SSSR count). The number of carbonyl (C=O) groups is 2. The molecular formula is C13H16O3S. The van der Waals surface area contributed by atoms with Crippen LogP contribution in [0.5, 0.6) is 0 Å². The molecule has 0 aliphatic heterocycles. The van der Waals surface area contributed by atoms with E-state index in [2.05, 4.69) is 0 Å². The Hall–Kier alpha value is -1.16. The molecule has 1 aromatic rings. The monoisotopic (exact) mass is 252 g/mol. The van der Waals surface area contributed by atoms with Crippen molar-refractivity contribution in [1.82, 2.24) is 0 Å². The second-order valence-electron chi connectivity index (χ2n) is 4.34. The van der Waals surface area contributed by atoms with Crippen LogP contribution in [0.1, 0.15) is 51.1 Å². The van der Waals surface area contributed by atoms with Gasteiger partial charge in [0.15, 0.2) is 6.29 Å². The first-order valence-corrected chi connectivity index (χ1v) is 6.81. The summed E-state index contributed by atoms with van der Waals surface area (Å²) in [6.07, 6.45) is 5.45. The number of rotatable bonds is 5. The molecule has 0 amide bonds. The van der Waals surface area contributed by atoms with Crippen molar-refractivity contribution in [1.29, 1.82) is 0 Å². The maximum absolute atomic E-state index is 11.8. The van der Waals surface area contributed by atoms with Gasteiger partial charge in [0.25, 0.3) is 0 Å². The lowest BCUT2D eigenvalue weighted by molar-refractivity contribution is 0.0530. The summed E-state index contributed by atoms with van der Waals surface area (Å²) in [6.45, 7) is 2.16. The number of aldehydes is 1. The highest BCUT2D eigenvalue weighted by atomic mass is 32.1. The molecule has 17 heavy (non-hydrogen) atoms. The number of hydrogen-bond donors (Lipinski definition) is 0. The largest absolute Gasteiger partial charge is 0.462 e. The predicted molar refractivity (Wildman–Crippen MR) is 66.7 cm³/mol. The van der Waals surface area contributed by atoms with Crippen LogP contribution in [-0.4, -0.2) is 18.9 Å². The fourth-order valence-electron chi connectivity index (χ4n) is 2.04. The fourth-order valence-corrected chi connectivity index (χ4v) is 2.94. The van der Waals surface area contributed by atoms with E-state index >= 15 is 0 Å². The minimum absolute atomic E-state index is 0.292. The third-order valence-corrected chi connectivity index (χ3v) is 4.22. The van der Waals surface area contributed by atoms with Crippen LogP contribution in [0.15, 0.2) is 6.07 Å². The smallest absolute Gasteiger partial charge is 0.348 e. The van der Waals surface area contributed by atoms with E-state index in [1.807, 2.05) is 6.07 Å². The van der Waals surface area contributed by atoms with E-state index < -0.39 is 0 Å². The van der Waals surface area contributed by atoms with Crippen LogP contribution in [-0.2, 0) is 11.2 Å². The van der Waals surface area contributed by atoms with E-state index in [9.17, 15) is 9.59 Å². The Labute approximate surface area is 105 Å². The Kier molecular flexibility index (Phi) is 3.94. The lowest BCUT2D eigenvalue weighted by Crippen LogP contribution is -2.15. The van der Waals surface area contributed by atoms with Crippen LogP contribution >= 0.6 is 11.3 Å². The van der Waals surface area contributed by atoms with Gasteiger partial charge in [0.1, 0.15) is 4.88 Å². The number of thiophene rings is 1. The van der Waals surface area contributed by atoms with Gasteiger partial charge in [-0.05, 0) is 30.9 Å². The summed E-state index contributed by atoms with van der Waals surface area (Å²) in [4.78, 5) is 23.8. The number of ether oxygens (including phenoxy) is 1. The topological polar surface area (TPSA) is 43.4 Å². The average Bonchev–Trinajstić information content (AvgIpc) is 2.67. The van der Waals surface area contributed by atoms with Crippen molar-refractivity contribution in [2.75, 3.05) is 6.61 Å². The molecule has 3 nitrogen and oxygen atoms in total. The molecule has 4 heteroatoms. The molecule has 0 aromatic carbocycles. The Morgan fingerprint density at radius 2 is 2.35 bits per heavy atom. The summed E-state index contributed by atoms with van der Waals surface area (Å²) in [5.41, 5.74) is 0.986. The van der Waals surface area contributed by atoms with E-state index in [0.29, 0.717) is 22.3 Å². The first kappa shape index (κ1) is 12.3.